The van der Waals surface area contributed by atoms with Crippen molar-refractivity contribution in [2.24, 2.45) is 7.05 Å². The van der Waals surface area contributed by atoms with Crippen molar-refractivity contribution in [3.05, 3.63) is 48.7 Å². The minimum Gasteiger partial charge on any atom is -0.341 e. The number of benzene rings is 1. The van der Waals surface area contributed by atoms with Crippen LogP contribution in [0.15, 0.2) is 42.9 Å². The van der Waals surface area contributed by atoms with Crippen LogP contribution in [-0.2, 0) is 7.05 Å². The first kappa shape index (κ1) is 10.8. The first-order chi connectivity index (χ1) is 8.75. The van der Waals surface area contributed by atoms with Gasteiger partial charge in [0.1, 0.15) is 5.82 Å². The van der Waals surface area contributed by atoms with Gasteiger partial charge >= 0.3 is 0 Å². The van der Waals surface area contributed by atoms with Crippen LogP contribution in [-0.4, -0.2) is 19.5 Å². The highest BCUT2D eigenvalue weighted by molar-refractivity contribution is 5.76. The molecule has 0 bridgehead atoms. The SMILES string of the molecule is Cc1ncc(-c2c(-c3ccccc3)ncn2C)[nH]1. The van der Waals surface area contributed by atoms with Crippen molar-refractivity contribution in [1.82, 2.24) is 19.5 Å². The molecule has 0 spiro atoms. The Hall–Kier alpha value is -2.36. The van der Waals surface area contributed by atoms with Crippen LogP contribution in [0.1, 0.15) is 5.82 Å². The first-order valence-electron chi connectivity index (χ1n) is 5.84. The van der Waals surface area contributed by atoms with Crippen molar-refractivity contribution >= 4 is 0 Å². The second kappa shape index (κ2) is 4.14. The Morgan fingerprint density at radius 1 is 1.11 bits per heavy atom. The Labute approximate surface area is 105 Å². The van der Waals surface area contributed by atoms with Crippen LogP contribution in [0.2, 0.25) is 0 Å². The van der Waals surface area contributed by atoms with E-state index in [1.54, 1.807) is 0 Å². The van der Waals surface area contributed by atoms with Crippen LogP contribution in [0.3, 0.4) is 0 Å². The van der Waals surface area contributed by atoms with Gasteiger partial charge < -0.3 is 9.55 Å². The Morgan fingerprint density at radius 2 is 1.89 bits per heavy atom. The average molecular weight is 238 g/mol. The third kappa shape index (κ3) is 1.72. The van der Waals surface area contributed by atoms with Crippen molar-refractivity contribution in [3.8, 4) is 22.6 Å². The molecule has 4 heteroatoms. The summed E-state index contributed by atoms with van der Waals surface area (Å²) < 4.78 is 2.01. The molecule has 1 aromatic carbocycles. The van der Waals surface area contributed by atoms with Crippen LogP contribution >= 0.6 is 0 Å². The van der Waals surface area contributed by atoms with Crippen molar-refractivity contribution in [2.45, 2.75) is 6.92 Å². The maximum atomic E-state index is 4.49. The van der Waals surface area contributed by atoms with E-state index in [-0.39, 0.29) is 0 Å². The van der Waals surface area contributed by atoms with Gasteiger partial charge in [0.15, 0.2) is 0 Å². The number of aromatic amines is 1. The number of rotatable bonds is 2. The average Bonchev–Trinajstić information content (AvgIpc) is 2.96. The van der Waals surface area contributed by atoms with Gasteiger partial charge in [-0.25, -0.2) is 9.97 Å². The zero-order chi connectivity index (χ0) is 12.5. The Balaban J connectivity index is 2.18. The fraction of sp³-hybridized carbons (Fsp3) is 0.143. The predicted molar refractivity (Wildman–Crippen MR) is 71.0 cm³/mol. The number of aryl methyl sites for hydroxylation is 2. The Morgan fingerprint density at radius 3 is 2.56 bits per heavy atom. The molecule has 2 aromatic heterocycles. The van der Waals surface area contributed by atoms with E-state index in [0.717, 1.165) is 28.5 Å². The van der Waals surface area contributed by atoms with E-state index in [2.05, 4.69) is 27.1 Å². The molecule has 0 aliphatic carbocycles. The highest BCUT2D eigenvalue weighted by Crippen LogP contribution is 2.29. The molecule has 0 amide bonds. The summed E-state index contributed by atoms with van der Waals surface area (Å²) in [5.41, 5.74) is 4.13. The van der Waals surface area contributed by atoms with Crippen LogP contribution in [0.25, 0.3) is 22.6 Å². The van der Waals surface area contributed by atoms with E-state index in [0.29, 0.717) is 0 Å². The molecule has 3 aromatic rings. The third-order valence-electron chi connectivity index (χ3n) is 2.94. The number of nitrogens with zero attached hydrogens (tertiary/aromatic N) is 3. The van der Waals surface area contributed by atoms with Gasteiger partial charge in [-0.1, -0.05) is 30.3 Å². The molecule has 0 unspecified atom stereocenters. The zero-order valence-electron chi connectivity index (χ0n) is 10.4. The lowest BCUT2D eigenvalue weighted by atomic mass is 10.1. The number of aromatic nitrogens is 4. The van der Waals surface area contributed by atoms with E-state index in [1.165, 1.54) is 0 Å². The molecule has 18 heavy (non-hydrogen) atoms. The minimum absolute atomic E-state index is 0.908. The zero-order valence-corrected chi connectivity index (χ0v) is 10.4. The molecular formula is C14H14N4. The smallest absolute Gasteiger partial charge is 0.103 e. The van der Waals surface area contributed by atoms with E-state index >= 15 is 0 Å². The normalized spacial score (nSPS) is 10.8. The molecule has 0 aliphatic heterocycles. The van der Waals surface area contributed by atoms with Gasteiger partial charge in [0.25, 0.3) is 0 Å². The summed E-state index contributed by atoms with van der Waals surface area (Å²) in [6.07, 6.45) is 3.67. The Kier molecular flexibility index (Phi) is 2.48. The summed E-state index contributed by atoms with van der Waals surface area (Å²) >= 11 is 0. The molecule has 2 heterocycles. The topological polar surface area (TPSA) is 46.5 Å². The molecule has 0 radical (unpaired) electrons. The molecule has 0 atom stereocenters. The quantitative estimate of drug-likeness (QED) is 0.746. The Bertz CT molecular complexity index is 664. The first-order valence-corrected chi connectivity index (χ1v) is 5.84. The largest absolute Gasteiger partial charge is 0.341 e. The van der Waals surface area contributed by atoms with Crippen LogP contribution in [0.5, 0.6) is 0 Å². The van der Waals surface area contributed by atoms with Crippen LogP contribution < -0.4 is 0 Å². The lowest BCUT2D eigenvalue weighted by molar-refractivity contribution is 0.917. The molecule has 90 valence electrons. The van der Waals surface area contributed by atoms with Crippen LogP contribution in [0.4, 0.5) is 0 Å². The van der Waals surface area contributed by atoms with E-state index < -0.39 is 0 Å². The number of imidazole rings is 2. The fourth-order valence-corrected chi connectivity index (χ4v) is 2.10. The molecule has 1 N–H and O–H groups in total. The minimum atomic E-state index is 0.908. The number of hydrogen-bond acceptors (Lipinski definition) is 2. The molecule has 0 aliphatic rings. The lowest BCUT2D eigenvalue weighted by Crippen LogP contribution is -1.92. The summed E-state index contributed by atoms with van der Waals surface area (Å²) in [4.78, 5) is 12.0. The second-order valence-corrected chi connectivity index (χ2v) is 4.30. The lowest BCUT2D eigenvalue weighted by Gasteiger charge is -2.03. The molecule has 4 nitrogen and oxygen atoms in total. The molecule has 0 fully saturated rings. The van der Waals surface area contributed by atoms with Crippen molar-refractivity contribution in [3.63, 3.8) is 0 Å². The van der Waals surface area contributed by atoms with Crippen molar-refractivity contribution < 1.29 is 0 Å². The predicted octanol–water partition coefficient (Wildman–Crippen LogP) is 2.79. The third-order valence-corrected chi connectivity index (χ3v) is 2.94. The maximum absolute atomic E-state index is 4.49. The summed E-state index contributed by atoms with van der Waals surface area (Å²) in [6, 6.07) is 10.2. The number of H-pyrrole nitrogens is 1. The molecule has 0 saturated heterocycles. The number of nitrogens with one attached hydrogen (secondary N) is 1. The van der Waals surface area contributed by atoms with Crippen molar-refractivity contribution in [1.29, 1.82) is 0 Å². The maximum Gasteiger partial charge on any atom is 0.103 e. The van der Waals surface area contributed by atoms with Gasteiger partial charge in [-0.3, -0.25) is 0 Å². The highest BCUT2D eigenvalue weighted by atomic mass is 15.1. The van der Waals surface area contributed by atoms with Gasteiger partial charge in [0.05, 0.1) is 29.6 Å². The van der Waals surface area contributed by atoms with E-state index in [9.17, 15) is 0 Å². The van der Waals surface area contributed by atoms with E-state index in [1.807, 2.05) is 49.3 Å². The highest BCUT2D eigenvalue weighted by Gasteiger charge is 2.14. The van der Waals surface area contributed by atoms with Crippen molar-refractivity contribution in [2.75, 3.05) is 0 Å². The molecule has 3 rings (SSSR count). The summed E-state index contributed by atoms with van der Waals surface area (Å²) in [6.45, 7) is 1.95. The van der Waals surface area contributed by atoms with Gasteiger partial charge in [0, 0.05) is 12.6 Å². The fourth-order valence-electron chi connectivity index (χ4n) is 2.10. The van der Waals surface area contributed by atoms with E-state index in [4.69, 9.17) is 0 Å². The summed E-state index contributed by atoms with van der Waals surface area (Å²) in [5.74, 6) is 0.908. The molecular weight excluding hydrogens is 224 g/mol. The van der Waals surface area contributed by atoms with Gasteiger partial charge in [0.2, 0.25) is 0 Å². The monoisotopic (exact) mass is 238 g/mol. The number of hydrogen-bond donors (Lipinski definition) is 1. The summed E-state index contributed by atoms with van der Waals surface area (Å²) in [7, 11) is 1.99. The molecule has 0 saturated carbocycles. The van der Waals surface area contributed by atoms with Gasteiger partial charge in [-0.2, -0.15) is 0 Å². The standard InChI is InChI=1S/C14H14N4/c1-10-15-8-12(17-10)14-13(16-9-18(14)2)11-6-4-3-5-7-11/h3-9H,1-2H3,(H,15,17). The second-order valence-electron chi connectivity index (χ2n) is 4.30. The van der Waals surface area contributed by atoms with Crippen LogP contribution in [0, 0.1) is 6.92 Å². The van der Waals surface area contributed by atoms with Gasteiger partial charge in [-0.15, -0.1) is 0 Å². The van der Waals surface area contributed by atoms with Gasteiger partial charge in [-0.05, 0) is 6.92 Å². The summed E-state index contributed by atoms with van der Waals surface area (Å²) in [5, 5.41) is 0.